The van der Waals surface area contributed by atoms with E-state index in [0.29, 0.717) is 23.1 Å². The molecule has 0 atom stereocenters. The summed E-state index contributed by atoms with van der Waals surface area (Å²) in [5.74, 6) is -0.241. The predicted molar refractivity (Wildman–Crippen MR) is 147 cm³/mol. The second kappa shape index (κ2) is 11.4. The van der Waals surface area contributed by atoms with E-state index in [1.54, 1.807) is 18.5 Å². The average Bonchev–Trinajstić information content (AvgIpc) is 3.53. The van der Waals surface area contributed by atoms with Gasteiger partial charge in [-0.3, -0.25) is 19.7 Å². The molecule has 0 fully saturated rings. The van der Waals surface area contributed by atoms with Crippen LogP contribution in [0.25, 0.3) is 10.9 Å². The Kier molecular flexibility index (Phi) is 7.66. The van der Waals surface area contributed by atoms with Crippen molar-refractivity contribution in [3.8, 4) is 0 Å². The van der Waals surface area contributed by atoms with Crippen LogP contribution >= 0.6 is 11.3 Å². The van der Waals surface area contributed by atoms with Gasteiger partial charge in [-0.25, -0.2) is 19.3 Å². The Hall–Kier alpha value is -4.22. The van der Waals surface area contributed by atoms with Crippen LogP contribution in [0.1, 0.15) is 34.6 Å². The van der Waals surface area contributed by atoms with E-state index in [9.17, 15) is 9.18 Å². The molecule has 0 bridgehead atoms. The van der Waals surface area contributed by atoms with Crippen LogP contribution in [0.5, 0.6) is 0 Å². The Morgan fingerprint density at radius 1 is 1.08 bits per heavy atom. The van der Waals surface area contributed by atoms with Crippen molar-refractivity contribution in [2.45, 2.75) is 26.9 Å². The third-order valence-corrected chi connectivity index (χ3v) is 7.03. The smallest absolute Gasteiger partial charge is 0.262 e. The van der Waals surface area contributed by atoms with Gasteiger partial charge in [0.25, 0.3) is 5.91 Å². The molecule has 2 aromatic carbocycles. The van der Waals surface area contributed by atoms with Crippen molar-refractivity contribution in [2.75, 3.05) is 23.7 Å². The lowest BCUT2D eigenvalue weighted by molar-refractivity contribution is 0.102. The zero-order valence-corrected chi connectivity index (χ0v) is 21.9. The first-order valence-electron chi connectivity index (χ1n) is 12.3. The van der Waals surface area contributed by atoms with Crippen molar-refractivity contribution < 1.29 is 9.18 Å². The first-order chi connectivity index (χ1) is 18.5. The van der Waals surface area contributed by atoms with Gasteiger partial charge in [0, 0.05) is 34.9 Å². The number of amides is 1. The highest BCUT2D eigenvalue weighted by Crippen LogP contribution is 2.25. The normalized spacial score (nSPS) is 11.3. The molecule has 38 heavy (non-hydrogen) atoms. The van der Waals surface area contributed by atoms with Crippen molar-refractivity contribution in [3.63, 3.8) is 0 Å². The van der Waals surface area contributed by atoms with Gasteiger partial charge in [0.2, 0.25) is 0 Å². The number of nitrogens with zero attached hydrogens (tertiary/aromatic N) is 6. The van der Waals surface area contributed by atoms with E-state index in [1.807, 2.05) is 28.9 Å². The number of fused-ring (bicyclic) bond motifs is 1. The molecule has 0 spiro atoms. The van der Waals surface area contributed by atoms with E-state index in [1.165, 1.54) is 36.0 Å². The van der Waals surface area contributed by atoms with Crippen molar-refractivity contribution in [2.24, 2.45) is 0 Å². The standard InChI is InChI=1S/C27H27FN8OS/c1-3-35(4-2)16-22-13-30-27(38-22)34-26(37)23-14-29-17-31-25(23)33-21-8-9-24-19(11-21)12-32-36(24)15-18-6-5-7-20(28)10-18/h5-14,17H,3-4,15-16H2,1-2H3,(H,29,31,33)(H,30,34,37). The molecule has 9 nitrogen and oxygen atoms in total. The van der Waals surface area contributed by atoms with Gasteiger partial charge >= 0.3 is 0 Å². The van der Waals surface area contributed by atoms with Crippen LogP contribution in [0.3, 0.4) is 0 Å². The van der Waals surface area contributed by atoms with Crippen molar-refractivity contribution >= 4 is 44.8 Å². The van der Waals surface area contributed by atoms with Gasteiger partial charge in [-0.1, -0.05) is 26.0 Å². The molecule has 0 saturated heterocycles. The highest BCUT2D eigenvalue weighted by Gasteiger charge is 2.16. The predicted octanol–water partition coefficient (Wildman–Crippen LogP) is 5.31. The van der Waals surface area contributed by atoms with Gasteiger partial charge in [0.05, 0.1) is 18.3 Å². The maximum absolute atomic E-state index is 13.6. The average molecular weight is 531 g/mol. The molecule has 5 aromatic rings. The molecule has 0 aliphatic carbocycles. The number of anilines is 3. The molecule has 0 aliphatic rings. The molecule has 1 amide bonds. The van der Waals surface area contributed by atoms with E-state index in [-0.39, 0.29) is 11.7 Å². The van der Waals surface area contributed by atoms with Crippen LogP contribution in [0.4, 0.5) is 21.0 Å². The fourth-order valence-electron chi connectivity index (χ4n) is 4.10. The first-order valence-corrected chi connectivity index (χ1v) is 13.1. The molecule has 11 heteroatoms. The number of thiazole rings is 1. The molecule has 0 saturated carbocycles. The molecule has 0 unspecified atom stereocenters. The third kappa shape index (κ3) is 5.84. The maximum atomic E-state index is 13.6. The van der Waals surface area contributed by atoms with Gasteiger partial charge in [-0.15, -0.1) is 11.3 Å². The highest BCUT2D eigenvalue weighted by atomic mass is 32.1. The lowest BCUT2D eigenvalue weighted by Crippen LogP contribution is -2.21. The van der Waals surface area contributed by atoms with Crippen LogP contribution in [-0.4, -0.2) is 48.6 Å². The number of nitrogens with one attached hydrogen (secondary N) is 2. The fourth-order valence-corrected chi connectivity index (χ4v) is 4.95. The van der Waals surface area contributed by atoms with Gasteiger partial charge < -0.3 is 5.32 Å². The quantitative estimate of drug-likeness (QED) is 0.252. The number of halogens is 1. The third-order valence-electron chi connectivity index (χ3n) is 6.13. The molecule has 5 rings (SSSR count). The number of carbonyl (C=O) groups excluding carboxylic acids is 1. The zero-order chi connectivity index (χ0) is 26.5. The molecule has 0 aliphatic heterocycles. The first kappa shape index (κ1) is 25.4. The van der Waals surface area contributed by atoms with Crippen LogP contribution in [0, 0.1) is 5.82 Å². The van der Waals surface area contributed by atoms with Crippen molar-refractivity contribution in [1.82, 2.24) is 29.6 Å². The van der Waals surface area contributed by atoms with E-state index >= 15 is 0 Å². The van der Waals surface area contributed by atoms with E-state index in [0.717, 1.165) is 46.7 Å². The minimum absolute atomic E-state index is 0.273. The number of rotatable bonds is 10. The van der Waals surface area contributed by atoms with Crippen LogP contribution in [0.15, 0.2) is 67.4 Å². The molecule has 2 N–H and O–H groups in total. The lowest BCUT2D eigenvalue weighted by atomic mass is 10.2. The molecule has 3 heterocycles. The summed E-state index contributed by atoms with van der Waals surface area (Å²) in [5.41, 5.74) is 2.78. The van der Waals surface area contributed by atoms with Crippen LogP contribution in [-0.2, 0) is 13.1 Å². The largest absolute Gasteiger partial charge is 0.339 e. The van der Waals surface area contributed by atoms with E-state index < -0.39 is 0 Å². The number of aromatic nitrogens is 5. The summed E-state index contributed by atoms with van der Waals surface area (Å²) < 4.78 is 15.4. The molecular formula is C27H27FN8OS. The number of hydrogen-bond donors (Lipinski definition) is 2. The summed E-state index contributed by atoms with van der Waals surface area (Å²) in [6.07, 6.45) is 6.42. The second-order valence-corrected chi connectivity index (χ2v) is 9.78. The summed E-state index contributed by atoms with van der Waals surface area (Å²) >= 11 is 1.45. The Balaban J connectivity index is 1.30. The minimum atomic E-state index is -0.346. The zero-order valence-electron chi connectivity index (χ0n) is 21.1. The minimum Gasteiger partial charge on any atom is -0.339 e. The number of carbonyl (C=O) groups is 1. The molecule has 194 valence electrons. The molecule has 3 aromatic heterocycles. The second-order valence-electron chi connectivity index (χ2n) is 8.66. The Labute approximate surface area is 223 Å². The summed E-state index contributed by atoms with van der Waals surface area (Å²) in [4.78, 5) is 29.1. The Bertz CT molecular complexity index is 1560. The number of benzene rings is 2. The molecular weight excluding hydrogens is 503 g/mol. The topological polar surface area (TPSA) is 101 Å². The van der Waals surface area contributed by atoms with Gasteiger partial charge in [-0.05, 0) is 49.0 Å². The maximum Gasteiger partial charge on any atom is 0.262 e. The van der Waals surface area contributed by atoms with E-state index in [2.05, 4.69) is 49.4 Å². The van der Waals surface area contributed by atoms with Crippen molar-refractivity contribution in [3.05, 3.63) is 89.2 Å². The fraction of sp³-hybridized carbons (Fsp3) is 0.222. The summed E-state index contributed by atoms with van der Waals surface area (Å²) in [5, 5.41) is 12.0. The number of hydrogen-bond acceptors (Lipinski definition) is 8. The van der Waals surface area contributed by atoms with E-state index in [4.69, 9.17) is 0 Å². The van der Waals surface area contributed by atoms with Gasteiger partial charge in [0.15, 0.2) is 5.13 Å². The summed E-state index contributed by atoms with van der Waals surface area (Å²) in [7, 11) is 0. The monoisotopic (exact) mass is 530 g/mol. The summed E-state index contributed by atoms with van der Waals surface area (Å²) in [6, 6.07) is 12.2. The SMILES string of the molecule is CCN(CC)Cc1cnc(NC(=O)c2cncnc2Nc2ccc3c(cnn3Cc3cccc(F)c3)c2)s1. The van der Waals surface area contributed by atoms with Crippen LogP contribution < -0.4 is 10.6 Å². The van der Waals surface area contributed by atoms with Crippen LogP contribution in [0.2, 0.25) is 0 Å². The Morgan fingerprint density at radius 2 is 1.95 bits per heavy atom. The highest BCUT2D eigenvalue weighted by molar-refractivity contribution is 7.15. The van der Waals surface area contributed by atoms with Crippen molar-refractivity contribution in [1.29, 1.82) is 0 Å². The molecule has 0 radical (unpaired) electrons. The lowest BCUT2D eigenvalue weighted by Gasteiger charge is -2.15. The van der Waals surface area contributed by atoms with Gasteiger partial charge in [0.1, 0.15) is 23.5 Å². The summed E-state index contributed by atoms with van der Waals surface area (Å²) in [6.45, 7) is 7.39. The Morgan fingerprint density at radius 3 is 2.76 bits per heavy atom. The van der Waals surface area contributed by atoms with Gasteiger partial charge in [-0.2, -0.15) is 5.10 Å².